The van der Waals surface area contributed by atoms with Crippen molar-refractivity contribution in [2.45, 2.75) is 0 Å². The molecule has 0 fully saturated rings. The Morgan fingerprint density at radius 1 is 0.514 bits per heavy atom. The largest absolute Gasteiger partial charge is 0.435 e. The first kappa shape index (κ1) is 23.2. The van der Waals surface area contributed by atoms with Crippen LogP contribution in [0.4, 0.5) is 0 Å². The number of benzene rings is 2. The average molecular weight is 464 g/mol. The molecule has 4 rings (SSSR count). The molecule has 7 heteroatoms. The predicted octanol–water partition coefficient (Wildman–Crippen LogP) is 5.46. The lowest BCUT2D eigenvalue weighted by atomic mass is 10.3. The second-order valence-corrected chi connectivity index (χ2v) is 6.69. The average Bonchev–Trinajstić information content (AvgIpc) is 2.91. The van der Waals surface area contributed by atoms with Gasteiger partial charge in [0.25, 0.3) is 0 Å². The summed E-state index contributed by atoms with van der Waals surface area (Å²) in [5.74, 6) is 8.44. The van der Waals surface area contributed by atoms with Crippen LogP contribution in [-0.4, -0.2) is 23.2 Å². The van der Waals surface area contributed by atoms with Crippen LogP contribution in [0.2, 0.25) is 0 Å². The first-order valence-corrected chi connectivity index (χ1v) is 10.6. The Labute approximate surface area is 203 Å². The molecule has 7 nitrogen and oxygen atoms in total. The van der Waals surface area contributed by atoms with Gasteiger partial charge < -0.3 is 23.7 Å². The summed E-state index contributed by atoms with van der Waals surface area (Å²) in [6.07, 6.45) is 8.50. The molecule has 2 heterocycles. The summed E-state index contributed by atoms with van der Waals surface area (Å²) in [4.78, 5) is 8.27. The van der Waals surface area contributed by atoms with Crippen LogP contribution in [0.5, 0.6) is 34.8 Å². The summed E-state index contributed by atoms with van der Waals surface area (Å²) in [5, 5.41) is 0. The fraction of sp³-hybridized carbons (Fsp3) is 0.0714. The van der Waals surface area contributed by atoms with Crippen LogP contribution >= 0.6 is 0 Å². The standard InChI is InChI=1S/C28H20N2O5/c1-3-13-25(34-27-15-5-7-17-29-27)23(11-1)32-21-9-19-31-20-10-22-33-24-12-2-4-14-26(24)35-28-16-6-8-18-30-28/h1-8,11-18H,19-20H2. The third kappa shape index (κ3) is 7.54. The molecule has 4 aromatic rings. The molecule has 0 saturated carbocycles. The van der Waals surface area contributed by atoms with E-state index in [-0.39, 0.29) is 13.2 Å². The van der Waals surface area contributed by atoms with Gasteiger partial charge in [-0.1, -0.05) is 36.4 Å². The van der Waals surface area contributed by atoms with E-state index in [1.807, 2.05) is 48.5 Å². The SMILES string of the molecule is C(#COc1ccccc1Oc1ccccn1)COCC#COc1ccccc1Oc1ccccn1. The Balaban J connectivity index is 1.21. The maximum absolute atomic E-state index is 5.73. The number of rotatable bonds is 8. The van der Waals surface area contributed by atoms with E-state index in [0.717, 1.165) is 0 Å². The zero-order chi connectivity index (χ0) is 24.0. The van der Waals surface area contributed by atoms with Gasteiger partial charge in [0.1, 0.15) is 25.4 Å². The van der Waals surface area contributed by atoms with Crippen LogP contribution in [-0.2, 0) is 4.74 Å². The molecular weight excluding hydrogens is 444 g/mol. The topological polar surface area (TPSA) is 71.9 Å². The molecule has 0 amide bonds. The molecule has 172 valence electrons. The first-order valence-electron chi connectivity index (χ1n) is 10.6. The van der Waals surface area contributed by atoms with Crippen molar-refractivity contribution in [1.29, 1.82) is 0 Å². The maximum atomic E-state index is 5.73. The molecule has 0 radical (unpaired) electrons. The minimum atomic E-state index is 0.136. The van der Waals surface area contributed by atoms with E-state index < -0.39 is 0 Å². The number of hydrogen-bond donors (Lipinski definition) is 0. The molecule has 0 aliphatic heterocycles. The lowest BCUT2D eigenvalue weighted by Gasteiger charge is -2.07. The highest BCUT2D eigenvalue weighted by Crippen LogP contribution is 2.30. The predicted molar refractivity (Wildman–Crippen MR) is 129 cm³/mol. The van der Waals surface area contributed by atoms with Gasteiger partial charge in [0.2, 0.25) is 11.8 Å². The minimum absolute atomic E-state index is 0.136. The molecule has 0 aliphatic carbocycles. The normalized spacial score (nSPS) is 9.60. The Hall–Kier alpha value is -4.98. The summed E-state index contributed by atoms with van der Waals surface area (Å²) in [6.45, 7) is 0.272. The fourth-order valence-corrected chi connectivity index (χ4v) is 2.67. The van der Waals surface area contributed by atoms with Crippen LogP contribution in [0.25, 0.3) is 0 Å². The second kappa shape index (κ2) is 12.9. The number of ether oxygens (including phenoxy) is 5. The molecule has 0 bridgehead atoms. The van der Waals surface area contributed by atoms with Crippen molar-refractivity contribution >= 4 is 0 Å². The monoisotopic (exact) mass is 464 g/mol. The van der Waals surface area contributed by atoms with Crippen LogP contribution in [0, 0.1) is 24.1 Å². The molecular formula is C28H20N2O5. The van der Waals surface area contributed by atoms with Gasteiger partial charge in [-0.05, 0) is 48.2 Å². The van der Waals surface area contributed by atoms with Crippen molar-refractivity contribution in [1.82, 2.24) is 9.97 Å². The molecule has 0 unspecified atom stereocenters. The molecule has 2 aromatic carbocycles. The van der Waals surface area contributed by atoms with E-state index in [2.05, 4.69) is 34.0 Å². The summed E-state index contributed by atoms with van der Waals surface area (Å²) in [5.41, 5.74) is 0. The van der Waals surface area contributed by atoms with Crippen molar-refractivity contribution in [2.75, 3.05) is 13.2 Å². The van der Waals surface area contributed by atoms with Crippen LogP contribution < -0.4 is 18.9 Å². The number of nitrogens with zero attached hydrogens (tertiary/aromatic N) is 2. The lowest BCUT2D eigenvalue weighted by Crippen LogP contribution is -1.95. The first-order chi connectivity index (χ1) is 17.4. The Kier molecular flexibility index (Phi) is 8.55. The summed E-state index contributed by atoms with van der Waals surface area (Å²) in [7, 11) is 0. The van der Waals surface area contributed by atoms with Crippen molar-refractivity contribution in [3.05, 3.63) is 97.3 Å². The second-order valence-electron chi connectivity index (χ2n) is 6.69. The van der Waals surface area contributed by atoms with E-state index in [0.29, 0.717) is 34.8 Å². The summed E-state index contributed by atoms with van der Waals surface area (Å²) >= 11 is 0. The number of aromatic nitrogens is 2. The van der Waals surface area contributed by atoms with Gasteiger partial charge in [-0.2, -0.15) is 0 Å². The van der Waals surface area contributed by atoms with Gasteiger partial charge in [-0.15, -0.1) is 0 Å². The van der Waals surface area contributed by atoms with E-state index in [4.69, 9.17) is 23.7 Å². The zero-order valence-electron chi connectivity index (χ0n) is 18.6. The summed E-state index contributed by atoms with van der Waals surface area (Å²) < 4.78 is 27.8. The van der Waals surface area contributed by atoms with Gasteiger partial charge >= 0.3 is 0 Å². The highest BCUT2D eigenvalue weighted by molar-refractivity contribution is 5.43. The third-order valence-electron chi connectivity index (χ3n) is 4.22. The minimum Gasteiger partial charge on any atom is -0.435 e. The van der Waals surface area contributed by atoms with Crippen molar-refractivity contribution in [2.24, 2.45) is 0 Å². The Bertz CT molecular complexity index is 1230. The molecule has 0 aliphatic rings. The molecule has 2 aromatic heterocycles. The highest BCUT2D eigenvalue weighted by atomic mass is 16.5. The van der Waals surface area contributed by atoms with Crippen molar-refractivity contribution in [3.63, 3.8) is 0 Å². The Morgan fingerprint density at radius 3 is 1.37 bits per heavy atom. The van der Waals surface area contributed by atoms with Gasteiger partial charge in [0, 0.05) is 24.5 Å². The van der Waals surface area contributed by atoms with E-state index >= 15 is 0 Å². The zero-order valence-corrected chi connectivity index (χ0v) is 18.6. The Morgan fingerprint density at radius 2 is 0.943 bits per heavy atom. The molecule has 35 heavy (non-hydrogen) atoms. The van der Waals surface area contributed by atoms with E-state index in [1.165, 1.54) is 0 Å². The molecule has 0 saturated heterocycles. The van der Waals surface area contributed by atoms with Gasteiger partial charge in [-0.3, -0.25) is 0 Å². The molecule has 0 spiro atoms. The quantitative estimate of drug-likeness (QED) is 0.253. The molecule has 0 atom stereocenters. The van der Waals surface area contributed by atoms with E-state index in [9.17, 15) is 0 Å². The number of pyridine rings is 2. The molecule has 0 N–H and O–H groups in total. The van der Waals surface area contributed by atoms with Gasteiger partial charge in [0.05, 0.1) is 0 Å². The lowest BCUT2D eigenvalue weighted by molar-refractivity contribution is 0.203. The summed E-state index contributed by atoms with van der Waals surface area (Å²) in [6, 6.07) is 25.2. The number of hydrogen-bond acceptors (Lipinski definition) is 7. The van der Waals surface area contributed by atoms with Crippen LogP contribution in [0.1, 0.15) is 0 Å². The van der Waals surface area contributed by atoms with Gasteiger partial charge in [0.15, 0.2) is 23.0 Å². The van der Waals surface area contributed by atoms with Crippen molar-refractivity contribution in [3.8, 4) is 58.8 Å². The smallest absolute Gasteiger partial charge is 0.219 e. The van der Waals surface area contributed by atoms with E-state index in [1.54, 1.807) is 48.8 Å². The fourth-order valence-electron chi connectivity index (χ4n) is 2.67. The highest BCUT2D eigenvalue weighted by Gasteiger charge is 2.06. The van der Waals surface area contributed by atoms with Crippen LogP contribution in [0.3, 0.4) is 0 Å². The van der Waals surface area contributed by atoms with Gasteiger partial charge in [-0.25, -0.2) is 9.97 Å². The third-order valence-corrected chi connectivity index (χ3v) is 4.22. The van der Waals surface area contributed by atoms with Crippen molar-refractivity contribution < 1.29 is 23.7 Å². The maximum Gasteiger partial charge on any atom is 0.219 e. The number of para-hydroxylation sites is 4. The van der Waals surface area contributed by atoms with Crippen LogP contribution in [0.15, 0.2) is 97.3 Å².